The molecule has 0 spiro atoms. The number of hydrogen-bond acceptors (Lipinski definition) is 25. The number of rotatable bonds is 43. The Morgan fingerprint density at radius 1 is 0.693 bits per heavy atom. The standard InChI is InChI=1S/C84H115N5O25/c1-50(2)42-60(61(93)44-57(43-54-26-17-13-18-27-54)76(101)86-48-67(97)87-59(52(4)90)33-24-16-23-32-58(92)36-37-107-40-41-108-39-38-106-12)88-66(96)47-85-65(95)34-25-35-68(98)111-72(70(55-28-19-14-20-29-55)89-79(104)114-80(6,7)8)78(103)110-62-46-84(105)75(112-77(102)56-30-21-15-22-31-56)73-82(11,74(100)71(99)69(51(62)3)81(84,9)10)63(94)45-64-83(73,49-109-64)113-53(5)91/h13-15,17-22,26-31,50,57,59-60,62-64,70-73,75,94,99,105H,16,23-25,32-49H2,1-12H3,(H,85,95)(H,86,101)(H,87,97)(H,88,96)(H,89,104)/t57?,59?,60?,62-,63-,64+,70-,71?,72+,73-,75-,82+,83-,84+/m0/s1. The summed E-state index contributed by atoms with van der Waals surface area (Å²) < 4.78 is 52.2. The predicted molar refractivity (Wildman–Crippen MR) is 411 cm³/mol. The molecule has 8 N–H and O–H groups in total. The van der Waals surface area contributed by atoms with Gasteiger partial charge in [0.15, 0.2) is 23.0 Å². The summed E-state index contributed by atoms with van der Waals surface area (Å²) in [5, 5.41) is 51.9. The Hall–Kier alpha value is -9.17. The second-order valence-electron chi connectivity index (χ2n) is 32.0. The third-order valence-electron chi connectivity index (χ3n) is 21.6. The van der Waals surface area contributed by atoms with Gasteiger partial charge in [-0.3, -0.25) is 47.9 Å². The number of aliphatic hydroxyl groups is 3. The van der Waals surface area contributed by atoms with Gasteiger partial charge >= 0.3 is 30.0 Å². The first-order valence-electron chi connectivity index (χ1n) is 39.1. The molecule has 3 aliphatic carbocycles. The van der Waals surface area contributed by atoms with E-state index >= 15 is 9.59 Å². The van der Waals surface area contributed by atoms with Gasteiger partial charge in [0.2, 0.25) is 29.7 Å². The van der Waals surface area contributed by atoms with Gasteiger partial charge in [0.1, 0.15) is 47.4 Å². The molecule has 0 radical (unpaired) electrons. The average Bonchev–Trinajstić information content (AvgIpc) is 0.669. The minimum Gasteiger partial charge on any atom is -0.455 e. The zero-order chi connectivity index (χ0) is 83.9. The number of nitrogens with one attached hydrogen (secondary N) is 5. The van der Waals surface area contributed by atoms with Crippen molar-refractivity contribution in [3.05, 3.63) is 119 Å². The Morgan fingerprint density at radius 2 is 1.31 bits per heavy atom. The first kappa shape index (κ1) is 92.0. The summed E-state index contributed by atoms with van der Waals surface area (Å²) in [7, 11) is 1.58. The third-order valence-corrected chi connectivity index (χ3v) is 21.6. The highest BCUT2D eigenvalue weighted by atomic mass is 16.6. The summed E-state index contributed by atoms with van der Waals surface area (Å²) in [5.74, 6) is -11.7. The second-order valence-corrected chi connectivity index (χ2v) is 32.0. The predicted octanol–water partition coefficient (Wildman–Crippen LogP) is 6.23. The van der Waals surface area contributed by atoms with Crippen molar-refractivity contribution >= 4 is 76.7 Å². The van der Waals surface area contributed by atoms with Crippen molar-refractivity contribution in [1.82, 2.24) is 26.6 Å². The quantitative estimate of drug-likeness (QED) is 0.0135. The summed E-state index contributed by atoms with van der Waals surface area (Å²) in [6, 6.07) is 20.7. The number of amides is 5. The maximum Gasteiger partial charge on any atom is 0.408 e. The van der Waals surface area contributed by atoms with Gasteiger partial charge in [0, 0.05) is 70.3 Å². The number of ketones is 4. The number of Topliss-reactive ketones (excluding diaryl/α,β-unsaturated/α-hetero) is 4. The molecule has 4 unspecified atom stereocenters. The summed E-state index contributed by atoms with van der Waals surface area (Å²) in [4.78, 5) is 181. The highest BCUT2D eigenvalue weighted by molar-refractivity contribution is 5.96. The van der Waals surface area contributed by atoms with Crippen LogP contribution in [0.25, 0.3) is 0 Å². The molecule has 30 nitrogen and oxygen atoms in total. The SMILES string of the molecule is COCCOCCOCCC(=O)CCCCCC(NC(=O)CNC(=O)C(CC(=O)C(CC(C)C)NC(=O)CNC(=O)CCCC(=O)O[C@@H](C(=O)O[C@H]1C[C@@]2(O)[C@@H](OC(=O)c3ccccc3)[C@@H]3[C@]4(OC(C)=O)CO[C@@H]4C[C@H](O)[C@@]3(C)C(=O)C(O)C(=C1C)C2(C)C)[C@@H](NC(=O)OC(C)(C)C)c1ccccc1)Cc1ccccc1)C(C)=O. The van der Waals surface area contributed by atoms with Gasteiger partial charge in [-0.1, -0.05) is 119 Å². The van der Waals surface area contributed by atoms with E-state index < -0.39 is 192 Å². The molecule has 3 aromatic rings. The van der Waals surface area contributed by atoms with Crippen LogP contribution in [0, 0.1) is 28.6 Å². The summed E-state index contributed by atoms with van der Waals surface area (Å²) >= 11 is 0. The van der Waals surface area contributed by atoms with Gasteiger partial charge < -0.3 is 84.5 Å². The molecule has 1 aliphatic heterocycles. The number of unbranched alkanes of at least 4 members (excludes halogenated alkanes) is 2. The monoisotopic (exact) mass is 1590 g/mol. The smallest absolute Gasteiger partial charge is 0.408 e. The molecule has 14 atom stereocenters. The van der Waals surface area contributed by atoms with Crippen LogP contribution in [0.1, 0.15) is 187 Å². The van der Waals surface area contributed by atoms with Crippen LogP contribution in [0.3, 0.4) is 0 Å². The fourth-order valence-electron chi connectivity index (χ4n) is 15.6. The molecule has 3 aromatic carbocycles. The summed E-state index contributed by atoms with van der Waals surface area (Å²) in [6.07, 6.45) is -11.4. The number of esters is 4. The number of fused-ring (bicyclic) bond motifs is 5. The molecule has 7 rings (SSSR count). The Kier molecular flexibility index (Phi) is 33.8. The van der Waals surface area contributed by atoms with Crippen LogP contribution in [0.5, 0.6) is 0 Å². The van der Waals surface area contributed by atoms with E-state index in [0.717, 1.165) is 6.92 Å². The number of ether oxygens (including phenoxy) is 9. The second kappa shape index (κ2) is 41.9. The van der Waals surface area contributed by atoms with E-state index in [2.05, 4.69) is 26.6 Å². The lowest BCUT2D eigenvalue weighted by Gasteiger charge is -2.67. The van der Waals surface area contributed by atoms with Crippen molar-refractivity contribution < 1.29 is 120 Å². The van der Waals surface area contributed by atoms with Crippen LogP contribution in [0.15, 0.2) is 102 Å². The zero-order valence-corrected chi connectivity index (χ0v) is 67.5. The molecule has 2 saturated carbocycles. The molecular formula is C84H115N5O25. The molecule has 3 fully saturated rings. The van der Waals surface area contributed by atoms with Gasteiger partial charge in [-0.25, -0.2) is 14.4 Å². The molecule has 114 heavy (non-hydrogen) atoms. The Labute approximate surface area is 665 Å². The average molecular weight is 1590 g/mol. The van der Waals surface area contributed by atoms with E-state index in [9.17, 15) is 68.1 Å². The summed E-state index contributed by atoms with van der Waals surface area (Å²) in [5.41, 5.74) is -8.74. The van der Waals surface area contributed by atoms with E-state index in [0.29, 0.717) is 64.1 Å². The fourth-order valence-corrected chi connectivity index (χ4v) is 15.6. The number of alkyl carbamates (subject to hydrolysis) is 1. The van der Waals surface area contributed by atoms with E-state index in [1.165, 1.54) is 58.9 Å². The molecule has 4 aliphatic rings. The van der Waals surface area contributed by atoms with E-state index in [1.54, 1.807) is 94.6 Å². The van der Waals surface area contributed by atoms with Crippen LogP contribution in [-0.2, 0) is 102 Å². The minimum absolute atomic E-state index is 0.00206. The topological polar surface area (TPSA) is 426 Å². The maximum atomic E-state index is 15.5. The Bertz CT molecular complexity index is 3880. The minimum atomic E-state index is -2.54. The van der Waals surface area contributed by atoms with Crippen LogP contribution >= 0.6 is 0 Å². The molecule has 5 amide bonds. The van der Waals surface area contributed by atoms with Crippen molar-refractivity contribution in [3.8, 4) is 0 Å². The normalized spacial score (nSPS) is 23.5. The molecule has 626 valence electrons. The lowest BCUT2D eigenvalue weighted by Crippen LogP contribution is -2.81. The number of carbonyl (C=O) groups is 13. The third kappa shape index (κ3) is 24.5. The maximum absolute atomic E-state index is 15.5. The van der Waals surface area contributed by atoms with E-state index in [4.69, 9.17) is 42.6 Å². The number of carbonyl (C=O) groups excluding carboxylic acids is 13. The summed E-state index contributed by atoms with van der Waals surface area (Å²) in [6.45, 7) is 17.1. The number of hydrogen-bond donors (Lipinski definition) is 8. The van der Waals surface area contributed by atoms with Crippen molar-refractivity contribution in [1.29, 1.82) is 0 Å². The lowest BCUT2D eigenvalue weighted by molar-refractivity contribution is -0.346. The van der Waals surface area contributed by atoms with Crippen LogP contribution in [-0.4, -0.2) is 217 Å². The number of methoxy groups -OCH3 is 1. The van der Waals surface area contributed by atoms with Crippen LogP contribution in [0.2, 0.25) is 0 Å². The Morgan fingerprint density at radius 3 is 1.91 bits per heavy atom. The van der Waals surface area contributed by atoms with Gasteiger partial charge in [0.05, 0.1) is 87.8 Å². The van der Waals surface area contributed by atoms with Gasteiger partial charge in [-0.15, -0.1) is 0 Å². The number of benzene rings is 3. The molecule has 0 aromatic heterocycles. The Balaban J connectivity index is 1.02. The fraction of sp³-hybridized carbons (Fsp3) is 0.607. The molecule has 2 bridgehead atoms. The molecule has 1 saturated heterocycles. The highest BCUT2D eigenvalue weighted by Crippen LogP contribution is 2.64. The molecule has 30 heteroatoms. The molecule has 1 heterocycles. The van der Waals surface area contributed by atoms with E-state index in [1.807, 2.05) is 13.8 Å². The van der Waals surface area contributed by atoms with Crippen molar-refractivity contribution in [3.63, 3.8) is 0 Å². The van der Waals surface area contributed by atoms with Gasteiger partial charge in [0.25, 0.3) is 0 Å². The zero-order valence-electron chi connectivity index (χ0n) is 67.5. The van der Waals surface area contributed by atoms with Crippen molar-refractivity contribution in [2.24, 2.45) is 28.6 Å². The van der Waals surface area contributed by atoms with Crippen LogP contribution < -0.4 is 26.6 Å². The van der Waals surface area contributed by atoms with E-state index in [-0.39, 0.29) is 91.5 Å². The van der Waals surface area contributed by atoms with Gasteiger partial charge in [-0.2, -0.15) is 0 Å². The largest absolute Gasteiger partial charge is 0.455 e. The van der Waals surface area contributed by atoms with Gasteiger partial charge in [-0.05, 0) is 114 Å². The number of aliphatic hydroxyl groups excluding tert-OH is 2. The van der Waals surface area contributed by atoms with Crippen molar-refractivity contribution in [2.75, 3.05) is 59.8 Å². The molecular weight excluding hydrogens is 1480 g/mol. The first-order chi connectivity index (χ1) is 53.9. The van der Waals surface area contributed by atoms with Crippen LogP contribution in [0.4, 0.5) is 4.79 Å². The lowest BCUT2D eigenvalue weighted by atomic mass is 9.44. The first-order valence-corrected chi connectivity index (χ1v) is 39.1. The van der Waals surface area contributed by atoms with Crippen molar-refractivity contribution in [2.45, 2.75) is 238 Å². The highest BCUT2D eigenvalue weighted by Gasteiger charge is 2.78.